The first kappa shape index (κ1) is 18.6. The van der Waals surface area contributed by atoms with Crippen molar-refractivity contribution in [3.05, 3.63) is 59.7 Å². The molecule has 0 N–H and O–H groups in total. The van der Waals surface area contributed by atoms with Crippen molar-refractivity contribution in [2.75, 3.05) is 43.9 Å². The molecule has 0 saturated carbocycles. The number of thioether (sulfide) groups is 1. The Hall–Kier alpha value is -2.14. The lowest BCUT2D eigenvalue weighted by molar-refractivity contribution is -0.128. The van der Waals surface area contributed by atoms with Crippen LogP contribution in [-0.2, 0) is 10.5 Å². The van der Waals surface area contributed by atoms with E-state index in [4.69, 9.17) is 4.74 Å². The third-order valence-corrected chi connectivity index (χ3v) is 5.77. The number of hydrogen-bond donors (Lipinski definition) is 0. The Morgan fingerprint density at radius 1 is 1.04 bits per heavy atom. The molecule has 1 amide bonds. The molecular weight excluding hydrogens is 344 g/mol. The van der Waals surface area contributed by atoms with E-state index >= 15 is 0 Å². The highest BCUT2D eigenvalue weighted by Gasteiger charge is 2.22. The van der Waals surface area contributed by atoms with E-state index in [2.05, 4.69) is 42.2 Å². The molecule has 0 spiro atoms. The first-order valence-electron chi connectivity index (χ1n) is 8.97. The normalized spacial score (nSPS) is 14.4. The van der Waals surface area contributed by atoms with E-state index in [1.165, 1.54) is 11.1 Å². The SMILES string of the molecule is COc1ccccc1N1CCN(C(=O)CSCc2ccccc2C)CC1. The summed E-state index contributed by atoms with van der Waals surface area (Å²) in [6.45, 7) is 5.33. The molecule has 2 aromatic carbocycles. The molecule has 0 bridgehead atoms. The predicted octanol–water partition coefficient (Wildman–Crippen LogP) is 3.59. The summed E-state index contributed by atoms with van der Waals surface area (Å²) in [6.07, 6.45) is 0. The van der Waals surface area contributed by atoms with Crippen molar-refractivity contribution in [2.24, 2.45) is 0 Å². The number of amides is 1. The van der Waals surface area contributed by atoms with E-state index in [9.17, 15) is 4.79 Å². The maximum atomic E-state index is 12.5. The van der Waals surface area contributed by atoms with Crippen LogP contribution in [0, 0.1) is 6.92 Å². The van der Waals surface area contributed by atoms with Crippen LogP contribution in [0.2, 0.25) is 0 Å². The molecule has 0 unspecified atom stereocenters. The van der Waals surface area contributed by atoms with Gasteiger partial charge in [0.1, 0.15) is 5.75 Å². The summed E-state index contributed by atoms with van der Waals surface area (Å²) in [5.74, 6) is 2.56. The molecule has 5 heteroatoms. The quantitative estimate of drug-likeness (QED) is 0.778. The predicted molar refractivity (Wildman–Crippen MR) is 109 cm³/mol. The first-order chi connectivity index (χ1) is 12.7. The lowest BCUT2D eigenvalue weighted by Gasteiger charge is -2.36. The molecule has 138 valence electrons. The van der Waals surface area contributed by atoms with Gasteiger partial charge in [0.25, 0.3) is 0 Å². The van der Waals surface area contributed by atoms with Gasteiger partial charge in [-0.15, -0.1) is 11.8 Å². The lowest BCUT2D eigenvalue weighted by atomic mass is 10.1. The van der Waals surface area contributed by atoms with Crippen LogP contribution < -0.4 is 9.64 Å². The lowest BCUT2D eigenvalue weighted by Crippen LogP contribution is -2.49. The second kappa shape index (κ2) is 8.99. The van der Waals surface area contributed by atoms with E-state index in [0.29, 0.717) is 5.75 Å². The molecule has 1 saturated heterocycles. The number of aryl methyl sites for hydroxylation is 1. The van der Waals surface area contributed by atoms with Gasteiger partial charge in [-0.2, -0.15) is 0 Å². The number of anilines is 1. The topological polar surface area (TPSA) is 32.8 Å². The van der Waals surface area contributed by atoms with E-state index in [-0.39, 0.29) is 5.91 Å². The minimum absolute atomic E-state index is 0.239. The zero-order valence-electron chi connectivity index (χ0n) is 15.5. The largest absolute Gasteiger partial charge is 0.495 e. The summed E-state index contributed by atoms with van der Waals surface area (Å²) in [5, 5.41) is 0. The molecule has 0 radical (unpaired) electrons. The molecule has 1 aliphatic heterocycles. The molecular formula is C21H26N2O2S. The average molecular weight is 371 g/mol. The van der Waals surface area contributed by atoms with Crippen molar-refractivity contribution < 1.29 is 9.53 Å². The number of rotatable bonds is 6. The molecule has 3 rings (SSSR count). The third kappa shape index (κ3) is 4.52. The van der Waals surface area contributed by atoms with E-state index in [1.54, 1.807) is 18.9 Å². The summed E-state index contributed by atoms with van der Waals surface area (Å²) < 4.78 is 5.45. The number of benzene rings is 2. The molecule has 1 heterocycles. The van der Waals surface area contributed by atoms with Gasteiger partial charge in [0.05, 0.1) is 18.6 Å². The highest BCUT2D eigenvalue weighted by atomic mass is 32.2. The highest BCUT2D eigenvalue weighted by molar-refractivity contribution is 7.99. The number of hydrogen-bond acceptors (Lipinski definition) is 4. The number of carbonyl (C=O) groups is 1. The fourth-order valence-electron chi connectivity index (χ4n) is 3.20. The van der Waals surface area contributed by atoms with Gasteiger partial charge in [0, 0.05) is 31.9 Å². The van der Waals surface area contributed by atoms with Crippen molar-refractivity contribution in [2.45, 2.75) is 12.7 Å². The van der Waals surface area contributed by atoms with Crippen LogP contribution in [0.25, 0.3) is 0 Å². The third-order valence-electron chi connectivity index (χ3n) is 4.80. The molecule has 0 aliphatic carbocycles. The van der Waals surface area contributed by atoms with E-state index in [0.717, 1.165) is 43.4 Å². The fraction of sp³-hybridized carbons (Fsp3) is 0.381. The molecule has 1 fully saturated rings. The van der Waals surface area contributed by atoms with Gasteiger partial charge in [0.2, 0.25) is 5.91 Å². The number of para-hydroxylation sites is 2. The van der Waals surface area contributed by atoms with Crippen LogP contribution in [0.3, 0.4) is 0 Å². The Morgan fingerprint density at radius 3 is 2.46 bits per heavy atom. The summed E-state index contributed by atoms with van der Waals surface area (Å²) in [5.41, 5.74) is 3.71. The Bertz CT molecular complexity index is 742. The second-order valence-electron chi connectivity index (χ2n) is 6.46. The summed E-state index contributed by atoms with van der Waals surface area (Å²) in [4.78, 5) is 16.8. The van der Waals surface area contributed by atoms with Gasteiger partial charge in [-0.25, -0.2) is 0 Å². The maximum Gasteiger partial charge on any atom is 0.232 e. The fourth-order valence-corrected chi connectivity index (χ4v) is 4.20. The Kier molecular flexibility index (Phi) is 6.45. The number of carbonyl (C=O) groups excluding carboxylic acids is 1. The molecule has 0 aromatic heterocycles. The van der Waals surface area contributed by atoms with E-state index < -0.39 is 0 Å². The molecule has 1 aliphatic rings. The van der Waals surface area contributed by atoms with Crippen LogP contribution >= 0.6 is 11.8 Å². The highest BCUT2D eigenvalue weighted by Crippen LogP contribution is 2.28. The van der Waals surface area contributed by atoms with Crippen LogP contribution in [0.1, 0.15) is 11.1 Å². The van der Waals surface area contributed by atoms with Crippen LogP contribution in [-0.4, -0.2) is 49.8 Å². The Morgan fingerprint density at radius 2 is 1.73 bits per heavy atom. The average Bonchev–Trinajstić information content (AvgIpc) is 2.69. The minimum Gasteiger partial charge on any atom is -0.495 e. The van der Waals surface area contributed by atoms with Crippen LogP contribution in [0.15, 0.2) is 48.5 Å². The van der Waals surface area contributed by atoms with Gasteiger partial charge in [-0.1, -0.05) is 36.4 Å². The molecule has 4 nitrogen and oxygen atoms in total. The zero-order chi connectivity index (χ0) is 18.4. The number of piperazine rings is 1. The van der Waals surface area contributed by atoms with Gasteiger partial charge in [-0.05, 0) is 30.2 Å². The maximum absolute atomic E-state index is 12.5. The van der Waals surface area contributed by atoms with Gasteiger partial charge < -0.3 is 14.5 Å². The summed E-state index contributed by atoms with van der Waals surface area (Å²) >= 11 is 1.70. The number of methoxy groups -OCH3 is 1. The Labute approximate surface area is 160 Å². The standard InChI is InChI=1S/C21H26N2O2S/c1-17-7-3-4-8-18(17)15-26-16-21(24)23-13-11-22(12-14-23)19-9-5-6-10-20(19)25-2/h3-10H,11-16H2,1-2H3. The second-order valence-corrected chi connectivity index (χ2v) is 7.44. The Balaban J connectivity index is 1.47. The van der Waals surface area contributed by atoms with E-state index in [1.807, 2.05) is 23.1 Å². The minimum atomic E-state index is 0.239. The van der Waals surface area contributed by atoms with Crippen LogP contribution in [0.5, 0.6) is 5.75 Å². The number of nitrogens with zero attached hydrogens (tertiary/aromatic N) is 2. The van der Waals surface area contributed by atoms with Gasteiger partial charge in [-0.3, -0.25) is 4.79 Å². The van der Waals surface area contributed by atoms with Crippen molar-refractivity contribution in [1.82, 2.24) is 4.90 Å². The smallest absolute Gasteiger partial charge is 0.232 e. The summed E-state index contributed by atoms with van der Waals surface area (Å²) in [7, 11) is 1.70. The molecule has 26 heavy (non-hydrogen) atoms. The van der Waals surface area contributed by atoms with Gasteiger partial charge >= 0.3 is 0 Å². The number of ether oxygens (including phenoxy) is 1. The summed E-state index contributed by atoms with van der Waals surface area (Å²) in [6, 6.07) is 16.4. The molecule has 2 aromatic rings. The monoisotopic (exact) mass is 370 g/mol. The molecule has 0 atom stereocenters. The first-order valence-corrected chi connectivity index (χ1v) is 10.1. The van der Waals surface area contributed by atoms with Crippen molar-refractivity contribution in [3.8, 4) is 5.75 Å². The zero-order valence-corrected chi connectivity index (χ0v) is 16.3. The van der Waals surface area contributed by atoms with Gasteiger partial charge in [0.15, 0.2) is 0 Å². The van der Waals surface area contributed by atoms with Crippen molar-refractivity contribution in [3.63, 3.8) is 0 Å². The van der Waals surface area contributed by atoms with Crippen molar-refractivity contribution in [1.29, 1.82) is 0 Å². The van der Waals surface area contributed by atoms with Crippen molar-refractivity contribution >= 4 is 23.4 Å². The van der Waals surface area contributed by atoms with Crippen LogP contribution in [0.4, 0.5) is 5.69 Å².